The van der Waals surface area contributed by atoms with Crippen molar-refractivity contribution in [2.75, 3.05) is 7.11 Å². The van der Waals surface area contributed by atoms with E-state index < -0.39 is 39.0 Å². The van der Waals surface area contributed by atoms with Gasteiger partial charge in [0.25, 0.3) is 0 Å². The van der Waals surface area contributed by atoms with Crippen molar-refractivity contribution in [3.8, 4) is 0 Å². The number of hydrogen-bond donors (Lipinski definition) is 1. The molecule has 0 spiro atoms. The van der Waals surface area contributed by atoms with Crippen LogP contribution in [0.15, 0.2) is 30.3 Å². The van der Waals surface area contributed by atoms with E-state index in [2.05, 4.69) is 4.74 Å². The Labute approximate surface area is 130 Å². The lowest BCUT2D eigenvalue weighted by molar-refractivity contribution is -0.144. The number of ether oxygens (including phenoxy) is 1. The van der Waals surface area contributed by atoms with Gasteiger partial charge in [-0.25, -0.2) is 8.42 Å². The molecule has 0 aliphatic rings. The molecule has 0 radical (unpaired) electrons. The lowest BCUT2D eigenvalue weighted by Crippen LogP contribution is -2.43. The predicted molar refractivity (Wildman–Crippen MR) is 82.6 cm³/mol. The zero-order chi connectivity index (χ0) is 16.9. The van der Waals surface area contributed by atoms with Gasteiger partial charge < -0.3 is 4.74 Å². The number of esters is 1. The Morgan fingerprint density at radius 3 is 2.14 bits per heavy atom. The lowest BCUT2D eigenvalue weighted by atomic mass is 10.0. The fraction of sp³-hybridized carbons (Fsp3) is 0.467. The fourth-order valence-corrected chi connectivity index (χ4v) is 3.15. The number of carbonyl (C=O) groups is 2. The summed E-state index contributed by atoms with van der Waals surface area (Å²) in [5.74, 6) is -2.75. The molecule has 1 aromatic rings. The van der Waals surface area contributed by atoms with E-state index in [9.17, 15) is 18.0 Å². The second kappa shape index (κ2) is 7.40. The number of carbonyl (C=O) groups excluding carboxylic acids is 2. The number of rotatable bonds is 6. The van der Waals surface area contributed by atoms with Crippen molar-refractivity contribution in [3.05, 3.63) is 35.9 Å². The molecule has 22 heavy (non-hydrogen) atoms. The summed E-state index contributed by atoms with van der Waals surface area (Å²) in [4.78, 5) is 23.6. The Morgan fingerprint density at radius 1 is 1.09 bits per heavy atom. The molecule has 0 saturated heterocycles. The average molecular weight is 327 g/mol. The van der Waals surface area contributed by atoms with Gasteiger partial charge in [-0.3, -0.25) is 14.3 Å². The molecule has 0 aliphatic carbocycles. The maximum Gasteiger partial charge on any atom is 0.309 e. The molecule has 1 amide bonds. The number of amides is 1. The third-order valence-corrected chi connectivity index (χ3v) is 5.58. The minimum Gasteiger partial charge on any atom is -0.469 e. The third-order valence-electron chi connectivity index (χ3n) is 3.70. The molecule has 0 fully saturated rings. The largest absolute Gasteiger partial charge is 0.469 e. The smallest absolute Gasteiger partial charge is 0.309 e. The van der Waals surface area contributed by atoms with Crippen LogP contribution >= 0.6 is 0 Å². The summed E-state index contributed by atoms with van der Waals surface area (Å²) in [6.07, 6.45) is 0. The summed E-state index contributed by atoms with van der Waals surface area (Å²) < 4.78 is 31.0. The van der Waals surface area contributed by atoms with Crippen molar-refractivity contribution < 1.29 is 22.7 Å². The van der Waals surface area contributed by atoms with Crippen molar-refractivity contribution >= 4 is 21.9 Å². The van der Waals surface area contributed by atoms with Crippen molar-refractivity contribution in [2.24, 2.45) is 5.92 Å². The van der Waals surface area contributed by atoms with Gasteiger partial charge in [-0.2, -0.15) is 0 Å². The van der Waals surface area contributed by atoms with E-state index >= 15 is 0 Å². The second-order valence-electron chi connectivity index (χ2n) is 5.16. The normalized spacial score (nSPS) is 15.5. The van der Waals surface area contributed by atoms with Crippen molar-refractivity contribution in [2.45, 2.75) is 31.9 Å². The molecule has 0 aliphatic heterocycles. The van der Waals surface area contributed by atoms with Gasteiger partial charge in [0.15, 0.2) is 0 Å². The molecule has 0 aromatic heterocycles. The summed E-state index contributed by atoms with van der Waals surface area (Å²) >= 11 is 0. The number of hydrogen-bond acceptors (Lipinski definition) is 5. The average Bonchev–Trinajstić information content (AvgIpc) is 2.52. The molecule has 7 heteroatoms. The van der Waals surface area contributed by atoms with Gasteiger partial charge in [-0.05, 0) is 19.4 Å². The van der Waals surface area contributed by atoms with Crippen molar-refractivity contribution in [3.63, 3.8) is 0 Å². The SMILES string of the molecule is COC(=O)[C@@H](C)[C@@H](C)S(=O)(=O)NC(=O)[C@H](C)c1ccccc1. The molecule has 0 heterocycles. The van der Waals surface area contributed by atoms with Crippen LogP contribution in [0.2, 0.25) is 0 Å². The van der Waals surface area contributed by atoms with Gasteiger partial charge in [-0.15, -0.1) is 0 Å². The second-order valence-corrected chi connectivity index (χ2v) is 7.20. The Balaban J connectivity index is 2.84. The minimum absolute atomic E-state index is 0.614. The quantitative estimate of drug-likeness (QED) is 0.798. The van der Waals surface area contributed by atoms with Crippen LogP contribution in [-0.2, 0) is 24.3 Å². The number of benzene rings is 1. The molecule has 1 N–H and O–H groups in total. The zero-order valence-electron chi connectivity index (χ0n) is 13.1. The van der Waals surface area contributed by atoms with Crippen molar-refractivity contribution in [1.82, 2.24) is 4.72 Å². The van der Waals surface area contributed by atoms with Crippen LogP contribution in [0.4, 0.5) is 0 Å². The van der Waals surface area contributed by atoms with E-state index in [0.29, 0.717) is 5.56 Å². The van der Waals surface area contributed by atoms with Crippen LogP contribution < -0.4 is 4.72 Å². The van der Waals surface area contributed by atoms with Gasteiger partial charge in [0, 0.05) is 0 Å². The lowest BCUT2D eigenvalue weighted by Gasteiger charge is -2.20. The summed E-state index contributed by atoms with van der Waals surface area (Å²) in [5, 5.41) is -1.08. The van der Waals surface area contributed by atoms with Crippen LogP contribution in [0.5, 0.6) is 0 Å². The Bertz CT molecular complexity index is 627. The standard InChI is InChI=1S/C15H21NO5S/c1-10(15(18)21-4)12(3)22(19,20)16-14(17)11(2)13-8-6-5-7-9-13/h5-12H,1-4H3,(H,16,17)/t10-,11+,12+/m0/s1. The maximum atomic E-state index is 12.2. The predicted octanol–water partition coefficient (Wildman–Crippen LogP) is 1.43. The van der Waals surface area contributed by atoms with Gasteiger partial charge in [0.1, 0.15) is 0 Å². The molecular weight excluding hydrogens is 306 g/mol. The highest BCUT2D eigenvalue weighted by Gasteiger charge is 2.33. The van der Waals surface area contributed by atoms with Crippen LogP contribution in [0.1, 0.15) is 32.3 Å². The minimum atomic E-state index is -3.97. The highest BCUT2D eigenvalue weighted by Crippen LogP contribution is 2.17. The molecular formula is C15H21NO5S. The third kappa shape index (κ3) is 4.30. The molecule has 3 atom stereocenters. The molecule has 0 bridgehead atoms. The number of nitrogens with one attached hydrogen (secondary N) is 1. The van der Waals surface area contributed by atoms with Crippen LogP contribution in [0, 0.1) is 5.92 Å². The first-order valence-electron chi connectivity index (χ1n) is 6.89. The van der Waals surface area contributed by atoms with E-state index in [1.54, 1.807) is 31.2 Å². The summed E-state index contributed by atoms with van der Waals surface area (Å²) in [5.41, 5.74) is 0.712. The van der Waals surface area contributed by atoms with Gasteiger partial charge >= 0.3 is 5.97 Å². The van der Waals surface area contributed by atoms with E-state index in [-0.39, 0.29) is 0 Å². The maximum absolute atomic E-state index is 12.2. The Morgan fingerprint density at radius 2 is 1.64 bits per heavy atom. The highest BCUT2D eigenvalue weighted by atomic mass is 32.2. The molecule has 1 rings (SSSR count). The van der Waals surface area contributed by atoms with E-state index in [4.69, 9.17) is 0 Å². The Kier molecular flexibility index (Phi) is 6.11. The summed E-state index contributed by atoms with van der Waals surface area (Å²) in [6.45, 7) is 4.43. The topological polar surface area (TPSA) is 89.5 Å². The van der Waals surface area contributed by atoms with E-state index in [1.807, 2.05) is 10.8 Å². The van der Waals surface area contributed by atoms with Crippen LogP contribution in [0.3, 0.4) is 0 Å². The van der Waals surface area contributed by atoms with Crippen LogP contribution in [-0.4, -0.2) is 32.7 Å². The zero-order valence-corrected chi connectivity index (χ0v) is 13.9. The monoisotopic (exact) mass is 327 g/mol. The van der Waals surface area contributed by atoms with Gasteiger partial charge in [-0.1, -0.05) is 37.3 Å². The number of sulfonamides is 1. The molecule has 1 aromatic carbocycles. The van der Waals surface area contributed by atoms with Crippen molar-refractivity contribution in [1.29, 1.82) is 0 Å². The molecule has 0 unspecified atom stereocenters. The first-order chi connectivity index (χ1) is 10.2. The van der Waals surface area contributed by atoms with Gasteiger partial charge in [0.05, 0.1) is 24.2 Å². The molecule has 122 valence electrons. The van der Waals surface area contributed by atoms with E-state index in [0.717, 1.165) is 0 Å². The van der Waals surface area contributed by atoms with Gasteiger partial charge in [0.2, 0.25) is 15.9 Å². The Hall–Kier alpha value is -1.89. The first-order valence-corrected chi connectivity index (χ1v) is 8.43. The summed E-state index contributed by atoms with van der Waals surface area (Å²) in [6, 6.07) is 8.85. The molecule has 6 nitrogen and oxygen atoms in total. The van der Waals surface area contributed by atoms with E-state index in [1.165, 1.54) is 21.0 Å². The number of methoxy groups -OCH3 is 1. The first kappa shape index (κ1) is 18.2. The fourth-order valence-electron chi connectivity index (χ4n) is 1.86. The molecule has 0 saturated carbocycles. The highest BCUT2D eigenvalue weighted by molar-refractivity contribution is 7.90. The van der Waals surface area contributed by atoms with Crippen LogP contribution in [0.25, 0.3) is 0 Å². The summed E-state index contributed by atoms with van der Waals surface area (Å²) in [7, 11) is -2.78.